The first kappa shape index (κ1) is 24.6. The third-order valence-electron chi connectivity index (χ3n) is 5.27. The molecule has 1 atom stereocenters. The second-order valence-corrected chi connectivity index (χ2v) is 7.70. The Morgan fingerprint density at radius 1 is 1.12 bits per heavy atom. The summed E-state index contributed by atoms with van der Waals surface area (Å²) in [5, 5.41) is 26.4. The van der Waals surface area contributed by atoms with Gasteiger partial charge in [0.05, 0.1) is 0 Å². The fourth-order valence-corrected chi connectivity index (χ4v) is 3.47. The molecule has 10 nitrogen and oxygen atoms in total. The molecule has 0 saturated carbocycles. The highest BCUT2D eigenvalue weighted by molar-refractivity contribution is 6.28. The van der Waals surface area contributed by atoms with Crippen molar-refractivity contribution in [1.29, 1.82) is 0 Å². The SMILES string of the molecule is CCCCNC(=O)C1(Cc2ccc(C)cc2C)C(=O)NC(=O)C(C(=O)NCC(=O)O)=C1O. The Labute approximate surface area is 185 Å². The summed E-state index contributed by atoms with van der Waals surface area (Å²) >= 11 is 0. The lowest BCUT2D eigenvalue weighted by molar-refractivity contribution is -0.146. The van der Waals surface area contributed by atoms with Crippen LogP contribution in [0.15, 0.2) is 29.5 Å². The molecule has 0 bridgehead atoms. The molecule has 4 amide bonds. The number of hydrogen-bond donors (Lipinski definition) is 5. The summed E-state index contributed by atoms with van der Waals surface area (Å²) in [6, 6.07) is 5.32. The van der Waals surface area contributed by atoms with Crippen molar-refractivity contribution in [3.05, 3.63) is 46.2 Å². The third-order valence-corrected chi connectivity index (χ3v) is 5.27. The van der Waals surface area contributed by atoms with Crippen LogP contribution < -0.4 is 16.0 Å². The Kier molecular flexibility index (Phi) is 7.74. The molecular weight excluding hydrogens is 418 g/mol. The Bertz CT molecular complexity index is 999. The van der Waals surface area contributed by atoms with E-state index in [1.165, 1.54) is 0 Å². The maximum absolute atomic E-state index is 13.2. The van der Waals surface area contributed by atoms with Crippen LogP contribution >= 0.6 is 0 Å². The topological polar surface area (TPSA) is 162 Å². The largest absolute Gasteiger partial charge is 0.510 e. The summed E-state index contributed by atoms with van der Waals surface area (Å²) < 4.78 is 0. The van der Waals surface area contributed by atoms with Crippen LogP contribution in [-0.2, 0) is 30.4 Å². The molecule has 0 aromatic heterocycles. The molecule has 172 valence electrons. The number of hydrogen-bond acceptors (Lipinski definition) is 6. The van der Waals surface area contributed by atoms with E-state index in [0.717, 1.165) is 17.5 Å². The van der Waals surface area contributed by atoms with Crippen LogP contribution in [-0.4, -0.2) is 52.9 Å². The van der Waals surface area contributed by atoms with E-state index in [1.807, 2.05) is 30.5 Å². The molecule has 32 heavy (non-hydrogen) atoms. The van der Waals surface area contributed by atoms with Crippen LogP contribution in [0.1, 0.15) is 36.5 Å². The highest BCUT2D eigenvalue weighted by Gasteiger charge is 2.56. The molecule has 0 saturated heterocycles. The molecule has 1 heterocycles. The number of aliphatic carboxylic acids is 1. The van der Waals surface area contributed by atoms with Crippen molar-refractivity contribution in [2.45, 2.75) is 40.0 Å². The monoisotopic (exact) mass is 445 g/mol. The lowest BCUT2D eigenvalue weighted by Gasteiger charge is -2.35. The van der Waals surface area contributed by atoms with Crippen LogP contribution in [0, 0.1) is 19.3 Å². The van der Waals surface area contributed by atoms with Gasteiger partial charge in [-0.3, -0.25) is 29.3 Å². The Morgan fingerprint density at radius 3 is 2.41 bits per heavy atom. The second kappa shape index (κ2) is 10.1. The quantitative estimate of drug-likeness (QED) is 0.159. The van der Waals surface area contributed by atoms with Gasteiger partial charge in [0.15, 0.2) is 5.41 Å². The second-order valence-electron chi connectivity index (χ2n) is 7.70. The number of rotatable bonds is 9. The third kappa shape index (κ3) is 4.96. The van der Waals surface area contributed by atoms with Crippen molar-refractivity contribution >= 4 is 29.6 Å². The maximum Gasteiger partial charge on any atom is 0.322 e. The first-order valence-corrected chi connectivity index (χ1v) is 10.2. The van der Waals surface area contributed by atoms with E-state index in [4.69, 9.17) is 5.11 Å². The number of aryl methyl sites for hydroxylation is 2. The molecule has 2 rings (SSSR count). The molecule has 0 aliphatic carbocycles. The summed E-state index contributed by atoms with van der Waals surface area (Å²) in [6.07, 6.45) is 1.07. The number of benzene rings is 1. The van der Waals surface area contributed by atoms with Crippen LogP contribution in [0.4, 0.5) is 0 Å². The molecule has 0 radical (unpaired) electrons. The fourth-order valence-electron chi connectivity index (χ4n) is 3.47. The maximum atomic E-state index is 13.2. The van der Waals surface area contributed by atoms with Crippen molar-refractivity contribution < 1.29 is 34.2 Å². The number of carbonyl (C=O) groups excluding carboxylic acids is 4. The van der Waals surface area contributed by atoms with E-state index in [2.05, 4.69) is 5.32 Å². The minimum atomic E-state index is -2.28. The van der Waals surface area contributed by atoms with E-state index < -0.39 is 52.9 Å². The molecule has 1 unspecified atom stereocenters. The zero-order valence-electron chi connectivity index (χ0n) is 18.2. The van der Waals surface area contributed by atoms with Gasteiger partial charge in [-0.1, -0.05) is 37.1 Å². The van der Waals surface area contributed by atoms with Gasteiger partial charge in [-0.2, -0.15) is 0 Å². The smallest absolute Gasteiger partial charge is 0.322 e. The predicted octanol–water partition coefficient (Wildman–Crippen LogP) is 0.418. The summed E-state index contributed by atoms with van der Waals surface area (Å²) in [4.78, 5) is 61.8. The van der Waals surface area contributed by atoms with E-state index in [0.29, 0.717) is 12.0 Å². The molecule has 0 spiro atoms. The van der Waals surface area contributed by atoms with Crippen molar-refractivity contribution in [3.8, 4) is 0 Å². The summed E-state index contributed by atoms with van der Waals surface area (Å²) in [7, 11) is 0. The first-order chi connectivity index (χ1) is 15.0. The molecule has 1 aliphatic heterocycles. The van der Waals surface area contributed by atoms with E-state index in [9.17, 15) is 29.1 Å². The van der Waals surface area contributed by atoms with Crippen molar-refractivity contribution in [2.24, 2.45) is 5.41 Å². The number of nitrogens with one attached hydrogen (secondary N) is 3. The normalized spacial score (nSPS) is 18.2. The number of amides is 4. The Hall–Kier alpha value is -3.69. The van der Waals surface area contributed by atoms with E-state index >= 15 is 0 Å². The highest BCUT2D eigenvalue weighted by Crippen LogP contribution is 2.37. The predicted molar refractivity (Wildman–Crippen MR) is 113 cm³/mol. The van der Waals surface area contributed by atoms with Gasteiger partial charge >= 0.3 is 5.97 Å². The van der Waals surface area contributed by atoms with Crippen molar-refractivity contribution in [1.82, 2.24) is 16.0 Å². The summed E-state index contributed by atoms with van der Waals surface area (Å²) in [5.41, 5.74) is -0.897. The zero-order valence-corrected chi connectivity index (χ0v) is 18.2. The van der Waals surface area contributed by atoms with Gasteiger partial charge in [0.25, 0.3) is 17.7 Å². The average molecular weight is 445 g/mol. The average Bonchev–Trinajstić information content (AvgIpc) is 2.71. The van der Waals surface area contributed by atoms with Gasteiger partial charge in [-0.25, -0.2) is 0 Å². The molecule has 10 heteroatoms. The summed E-state index contributed by atoms with van der Waals surface area (Å²) in [6.45, 7) is 4.96. The number of carbonyl (C=O) groups is 5. The zero-order chi connectivity index (χ0) is 24.1. The lowest BCUT2D eigenvalue weighted by Crippen LogP contribution is -2.60. The van der Waals surface area contributed by atoms with Crippen LogP contribution in [0.2, 0.25) is 0 Å². The van der Waals surface area contributed by atoms with Gasteiger partial charge in [0.2, 0.25) is 5.91 Å². The van der Waals surface area contributed by atoms with Crippen molar-refractivity contribution in [3.63, 3.8) is 0 Å². The van der Waals surface area contributed by atoms with Gasteiger partial charge in [0.1, 0.15) is 17.9 Å². The number of aliphatic hydroxyl groups is 1. The molecule has 1 aliphatic rings. The van der Waals surface area contributed by atoms with Crippen molar-refractivity contribution in [2.75, 3.05) is 13.1 Å². The van der Waals surface area contributed by atoms with Gasteiger partial charge < -0.3 is 20.8 Å². The molecular formula is C22H27N3O7. The van der Waals surface area contributed by atoms with E-state index in [1.54, 1.807) is 19.1 Å². The molecule has 0 fully saturated rings. The van der Waals surface area contributed by atoms with Gasteiger partial charge in [-0.05, 0) is 31.4 Å². The molecule has 5 N–H and O–H groups in total. The number of aliphatic hydroxyl groups excluding tert-OH is 1. The molecule has 1 aromatic carbocycles. The number of carboxylic acids is 1. The molecule has 1 aromatic rings. The van der Waals surface area contributed by atoms with Gasteiger partial charge in [0, 0.05) is 13.0 Å². The number of imide groups is 1. The highest BCUT2D eigenvalue weighted by atomic mass is 16.4. The first-order valence-electron chi connectivity index (χ1n) is 10.2. The van der Waals surface area contributed by atoms with Crippen LogP contribution in [0.25, 0.3) is 0 Å². The fraction of sp³-hybridized carbons (Fsp3) is 0.409. The van der Waals surface area contributed by atoms with Crippen LogP contribution in [0.3, 0.4) is 0 Å². The summed E-state index contributed by atoms with van der Waals surface area (Å²) in [5.74, 6) is -6.73. The van der Waals surface area contributed by atoms with Crippen LogP contribution in [0.5, 0.6) is 0 Å². The Morgan fingerprint density at radius 2 is 1.81 bits per heavy atom. The minimum absolute atomic E-state index is 0.221. The standard InChI is InChI=1S/C22H27N3O7/c1-4-5-8-23-20(31)22(10-14-7-6-12(2)9-13(14)3)17(28)16(19(30)25-21(22)32)18(29)24-11-15(26)27/h6-7,9,28H,4-5,8,10-11H2,1-3H3,(H,23,31)(H,24,29)(H,26,27)(H,25,30,32). The minimum Gasteiger partial charge on any atom is -0.510 e. The number of carboxylic acid groups (broad SMARTS) is 1. The van der Waals surface area contributed by atoms with Gasteiger partial charge in [-0.15, -0.1) is 0 Å². The number of unbranched alkanes of at least 4 members (excludes halogenated alkanes) is 1. The lowest BCUT2D eigenvalue weighted by atomic mass is 9.73. The van der Waals surface area contributed by atoms with E-state index in [-0.39, 0.29) is 13.0 Å². The Balaban J connectivity index is 2.63.